The van der Waals surface area contributed by atoms with Crippen molar-refractivity contribution in [1.82, 2.24) is 0 Å². The van der Waals surface area contributed by atoms with E-state index in [2.05, 4.69) is 5.10 Å². The van der Waals surface area contributed by atoms with E-state index in [1.807, 2.05) is 42.5 Å². The molecule has 0 saturated carbocycles. The molecule has 0 atom stereocenters. The number of phenolic OH excluding ortho intramolecular Hbond substituents is 1. The monoisotopic (exact) mass is 434 g/mol. The fraction of sp³-hybridized carbons (Fsp3) is 0. The van der Waals surface area contributed by atoms with Gasteiger partial charge in [0.2, 0.25) is 0 Å². The van der Waals surface area contributed by atoms with Gasteiger partial charge in [-0.3, -0.25) is 4.79 Å². The fourth-order valence-electron chi connectivity index (χ4n) is 3.76. The number of carboxylic acid groups (broad SMARTS) is 1. The lowest BCUT2D eigenvalue weighted by molar-refractivity contribution is -0.114. The molecule has 0 bridgehead atoms. The number of nitrogens with zero attached hydrogens (tertiary/aromatic N) is 2. The number of hydrogen-bond acceptors (Lipinski definition) is 4. The molecule has 33 heavy (non-hydrogen) atoms. The Morgan fingerprint density at radius 2 is 1.55 bits per heavy atom. The predicted octanol–water partition coefficient (Wildman–Crippen LogP) is 5.08. The number of fused-ring (bicyclic) bond motifs is 1. The standard InChI is InChI=1S/C27H18N2O4/c30-23-13-9-19(10-14-23)25-24(16-17-5-6-18-3-1-2-4-21(18)15-17)26(31)29(28-25)22-11-7-20(8-12-22)27(32)33/h1-16,30H,(H,32,33)/b24-16-. The van der Waals surface area contributed by atoms with Crippen LogP contribution in [0.1, 0.15) is 21.5 Å². The van der Waals surface area contributed by atoms with Crippen LogP contribution in [0.3, 0.4) is 0 Å². The Bertz CT molecular complexity index is 1450. The molecular formula is C27H18N2O4. The average Bonchev–Trinajstić information content (AvgIpc) is 3.15. The molecule has 160 valence electrons. The number of aromatic carboxylic acids is 1. The van der Waals surface area contributed by atoms with Gasteiger partial charge in [-0.05, 0) is 77.0 Å². The van der Waals surface area contributed by atoms with Crippen molar-refractivity contribution in [1.29, 1.82) is 0 Å². The second-order valence-electron chi connectivity index (χ2n) is 7.63. The number of hydrazone groups is 1. The topological polar surface area (TPSA) is 90.2 Å². The molecule has 0 aromatic heterocycles. The Balaban J connectivity index is 1.60. The van der Waals surface area contributed by atoms with Crippen LogP contribution < -0.4 is 5.01 Å². The summed E-state index contributed by atoms with van der Waals surface area (Å²) < 4.78 is 0. The normalized spacial score (nSPS) is 14.7. The summed E-state index contributed by atoms with van der Waals surface area (Å²) in [7, 11) is 0. The van der Waals surface area contributed by atoms with E-state index in [4.69, 9.17) is 5.11 Å². The van der Waals surface area contributed by atoms with Gasteiger partial charge in [0.1, 0.15) is 11.5 Å². The third-order valence-corrected chi connectivity index (χ3v) is 5.46. The second-order valence-corrected chi connectivity index (χ2v) is 7.63. The molecule has 0 unspecified atom stereocenters. The van der Waals surface area contributed by atoms with Crippen LogP contribution in [-0.4, -0.2) is 27.8 Å². The maximum absolute atomic E-state index is 13.4. The summed E-state index contributed by atoms with van der Waals surface area (Å²) in [6.07, 6.45) is 1.80. The third kappa shape index (κ3) is 3.85. The summed E-state index contributed by atoms with van der Waals surface area (Å²) in [5, 5.41) is 26.8. The van der Waals surface area contributed by atoms with Gasteiger partial charge in [-0.25, -0.2) is 4.79 Å². The first-order chi connectivity index (χ1) is 16.0. The molecule has 0 fully saturated rings. The average molecular weight is 434 g/mol. The Hall–Kier alpha value is -4.71. The molecule has 2 N–H and O–H groups in total. The van der Waals surface area contributed by atoms with Crippen molar-refractivity contribution in [3.8, 4) is 5.75 Å². The molecule has 1 heterocycles. The first kappa shape index (κ1) is 20.2. The fourth-order valence-corrected chi connectivity index (χ4v) is 3.76. The van der Waals surface area contributed by atoms with Crippen molar-refractivity contribution in [2.45, 2.75) is 0 Å². The molecule has 6 heteroatoms. The zero-order valence-electron chi connectivity index (χ0n) is 17.3. The van der Waals surface area contributed by atoms with Gasteiger partial charge in [0.15, 0.2) is 0 Å². The minimum Gasteiger partial charge on any atom is -0.508 e. The van der Waals surface area contributed by atoms with Crippen molar-refractivity contribution < 1.29 is 19.8 Å². The number of phenols is 1. The molecule has 0 spiro atoms. The highest BCUT2D eigenvalue weighted by Gasteiger charge is 2.32. The van der Waals surface area contributed by atoms with Crippen LogP contribution in [0.25, 0.3) is 16.8 Å². The van der Waals surface area contributed by atoms with E-state index < -0.39 is 5.97 Å². The number of anilines is 1. The van der Waals surface area contributed by atoms with Gasteiger partial charge >= 0.3 is 5.97 Å². The van der Waals surface area contributed by atoms with Crippen molar-refractivity contribution >= 4 is 40.1 Å². The molecule has 1 aliphatic heterocycles. The molecule has 0 radical (unpaired) electrons. The van der Waals surface area contributed by atoms with Crippen LogP contribution in [-0.2, 0) is 4.79 Å². The first-order valence-corrected chi connectivity index (χ1v) is 10.3. The number of amides is 1. The third-order valence-electron chi connectivity index (χ3n) is 5.46. The van der Waals surface area contributed by atoms with Crippen LogP contribution in [0.4, 0.5) is 5.69 Å². The number of carbonyl (C=O) groups is 2. The van der Waals surface area contributed by atoms with Gasteiger partial charge in [-0.2, -0.15) is 10.1 Å². The van der Waals surface area contributed by atoms with Crippen LogP contribution in [0.2, 0.25) is 0 Å². The number of rotatable bonds is 4. The summed E-state index contributed by atoms with van der Waals surface area (Å²) in [6.45, 7) is 0. The molecule has 4 aromatic rings. The van der Waals surface area contributed by atoms with E-state index in [1.165, 1.54) is 17.1 Å². The van der Waals surface area contributed by atoms with E-state index in [9.17, 15) is 14.7 Å². The second kappa shape index (κ2) is 8.09. The Morgan fingerprint density at radius 3 is 2.24 bits per heavy atom. The zero-order valence-corrected chi connectivity index (χ0v) is 17.3. The maximum atomic E-state index is 13.4. The van der Waals surface area contributed by atoms with E-state index in [0.717, 1.165) is 16.3 Å². The van der Waals surface area contributed by atoms with Gasteiger partial charge in [0, 0.05) is 5.56 Å². The molecule has 4 aromatic carbocycles. The molecule has 0 aliphatic carbocycles. The van der Waals surface area contributed by atoms with Crippen LogP contribution in [0.15, 0.2) is 102 Å². The van der Waals surface area contributed by atoms with Crippen LogP contribution in [0.5, 0.6) is 5.75 Å². The highest BCUT2D eigenvalue weighted by Crippen LogP contribution is 2.29. The van der Waals surface area contributed by atoms with Gasteiger partial charge in [0.05, 0.1) is 16.8 Å². The Kier molecular flexibility index (Phi) is 4.95. The largest absolute Gasteiger partial charge is 0.508 e. The molecule has 1 amide bonds. The number of benzene rings is 4. The van der Waals surface area contributed by atoms with Gasteiger partial charge in [-0.1, -0.05) is 36.4 Å². The lowest BCUT2D eigenvalue weighted by Crippen LogP contribution is -2.21. The summed E-state index contributed by atoms with van der Waals surface area (Å²) in [6, 6.07) is 26.4. The highest BCUT2D eigenvalue weighted by molar-refractivity contribution is 6.37. The van der Waals surface area contributed by atoms with Crippen molar-refractivity contribution in [3.63, 3.8) is 0 Å². The number of carboxylic acids is 1. The smallest absolute Gasteiger partial charge is 0.335 e. The molecule has 0 saturated heterocycles. The first-order valence-electron chi connectivity index (χ1n) is 10.3. The summed E-state index contributed by atoms with van der Waals surface area (Å²) in [5.41, 5.74) is 2.99. The lowest BCUT2D eigenvalue weighted by atomic mass is 9.99. The van der Waals surface area contributed by atoms with Gasteiger partial charge < -0.3 is 10.2 Å². The summed E-state index contributed by atoms with van der Waals surface area (Å²) in [4.78, 5) is 24.6. The number of aromatic hydroxyl groups is 1. The Labute approximate surface area is 189 Å². The summed E-state index contributed by atoms with van der Waals surface area (Å²) in [5.74, 6) is -1.25. The molecular weight excluding hydrogens is 416 g/mol. The number of hydrogen-bond donors (Lipinski definition) is 2. The van der Waals surface area contributed by atoms with Gasteiger partial charge in [0.25, 0.3) is 5.91 Å². The number of carbonyl (C=O) groups excluding carboxylic acids is 1. The van der Waals surface area contributed by atoms with Crippen molar-refractivity contribution in [2.24, 2.45) is 5.10 Å². The maximum Gasteiger partial charge on any atom is 0.335 e. The Morgan fingerprint density at radius 1 is 0.848 bits per heavy atom. The SMILES string of the molecule is O=C(O)c1ccc(N2N=C(c3ccc(O)cc3)/C(=C/c3ccc4ccccc4c3)C2=O)cc1. The molecule has 6 nitrogen and oxygen atoms in total. The van der Waals surface area contributed by atoms with E-state index in [-0.39, 0.29) is 17.2 Å². The minimum atomic E-state index is -1.04. The van der Waals surface area contributed by atoms with E-state index >= 15 is 0 Å². The predicted molar refractivity (Wildman–Crippen MR) is 127 cm³/mol. The van der Waals surface area contributed by atoms with E-state index in [1.54, 1.807) is 42.5 Å². The van der Waals surface area contributed by atoms with Crippen LogP contribution >= 0.6 is 0 Å². The van der Waals surface area contributed by atoms with Crippen LogP contribution in [0, 0.1) is 0 Å². The van der Waals surface area contributed by atoms with Gasteiger partial charge in [-0.15, -0.1) is 0 Å². The van der Waals surface area contributed by atoms with Crippen molar-refractivity contribution in [2.75, 3.05) is 5.01 Å². The minimum absolute atomic E-state index is 0.116. The van der Waals surface area contributed by atoms with Crippen molar-refractivity contribution in [3.05, 3.63) is 113 Å². The quantitative estimate of drug-likeness (QED) is 0.439. The highest BCUT2D eigenvalue weighted by atomic mass is 16.4. The zero-order chi connectivity index (χ0) is 22.9. The summed E-state index contributed by atoms with van der Waals surface area (Å²) >= 11 is 0. The molecule has 5 rings (SSSR count). The molecule has 1 aliphatic rings. The van der Waals surface area contributed by atoms with E-state index in [0.29, 0.717) is 22.5 Å². The lowest BCUT2D eigenvalue weighted by Gasteiger charge is -2.11.